The van der Waals surface area contributed by atoms with Crippen LogP contribution in [0.4, 0.5) is 18.9 Å². The summed E-state index contributed by atoms with van der Waals surface area (Å²) < 4.78 is 40.4. The maximum Gasteiger partial charge on any atom is 0.416 e. The summed E-state index contributed by atoms with van der Waals surface area (Å²) in [4.78, 5) is 0. The molecule has 8 heteroatoms. The normalized spacial score (nSPS) is 11.6. The second kappa shape index (κ2) is 8.47. The fourth-order valence-corrected chi connectivity index (χ4v) is 3.56. The minimum Gasteiger partial charge on any atom is -0.378 e. The Kier molecular flexibility index (Phi) is 6.05. The van der Waals surface area contributed by atoms with Crippen LogP contribution in [0.2, 0.25) is 0 Å². The Hall–Kier alpha value is -2.48. The molecule has 1 N–H and O–H groups in total. The van der Waals surface area contributed by atoms with Gasteiger partial charge in [0.25, 0.3) is 0 Å². The van der Waals surface area contributed by atoms with Crippen molar-refractivity contribution in [3.63, 3.8) is 0 Å². The van der Waals surface area contributed by atoms with Gasteiger partial charge < -0.3 is 9.88 Å². The fourth-order valence-electron chi connectivity index (χ4n) is 2.58. The van der Waals surface area contributed by atoms with Crippen LogP contribution < -0.4 is 5.32 Å². The summed E-state index contributed by atoms with van der Waals surface area (Å²) >= 11 is 1.59. The lowest BCUT2D eigenvalue weighted by molar-refractivity contribution is -0.137. The summed E-state index contributed by atoms with van der Waals surface area (Å²) in [7, 11) is 0. The van der Waals surface area contributed by atoms with E-state index in [-0.39, 0.29) is 0 Å². The fraction of sp³-hybridized carbons (Fsp3) is 0.263. The number of halogens is 3. The summed E-state index contributed by atoms with van der Waals surface area (Å²) in [6.07, 6.45) is -4.36. The number of nitrogens with zero attached hydrogens (tertiary/aromatic N) is 3. The number of rotatable bonds is 7. The molecule has 0 aliphatic heterocycles. The summed E-state index contributed by atoms with van der Waals surface area (Å²) in [6.45, 7) is 2.97. The van der Waals surface area contributed by atoms with Gasteiger partial charge in [-0.3, -0.25) is 0 Å². The van der Waals surface area contributed by atoms with Crippen LogP contribution in [-0.2, 0) is 25.0 Å². The summed E-state index contributed by atoms with van der Waals surface area (Å²) in [5.41, 5.74) is 0.911. The van der Waals surface area contributed by atoms with Crippen molar-refractivity contribution >= 4 is 17.4 Å². The highest BCUT2D eigenvalue weighted by Crippen LogP contribution is 2.30. The molecule has 0 amide bonds. The van der Waals surface area contributed by atoms with E-state index < -0.39 is 11.7 Å². The Bertz CT molecular complexity index is 878. The number of aromatic nitrogens is 3. The number of benzene rings is 2. The van der Waals surface area contributed by atoms with Crippen molar-refractivity contribution in [1.29, 1.82) is 0 Å². The van der Waals surface area contributed by atoms with Gasteiger partial charge in [-0.25, -0.2) is 0 Å². The van der Waals surface area contributed by atoms with Crippen LogP contribution in [0, 0.1) is 0 Å². The SMILES string of the molecule is CCn1c(CNc2cccc(C(F)(F)F)c2)nnc1SCc1ccccc1. The topological polar surface area (TPSA) is 42.7 Å². The third kappa shape index (κ3) is 5.03. The highest BCUT2D eigenvalue weighted by molar-refractivity contribution is 7.98. The van der Waals surface area contributed by atoms with Crippen molar-refractivity contribution in [2.75, 3.05) is 5.32 Å². The Morgan fingerprint density at radius 2 is 1.81 bits per heavy atom. The number of alkyl halides is 3. The zero-order chi connectivity index (χ0) is 19.3. The number of hydrogen-bond donors (Lipinski definition) is 1. The van der Waals surface area contributed by atoms with Gasteiger partial charge in [0, 0.05) is 18.0 Å². The van der Waals surface area contributed by atoms with Crippen molar-refractivity contribution in [3.05, 3.63) is 71.5 Å². The van der Waals surface area contributed by atoms with Crippen LogP contribution in [0.5, 0.6) is 0 Å². The number of anilines is 1. The van der Waals surface area contributed by atoms with E-state index in [0.29, 0.717) is 24.6 Å². The van der Waals surface area contributed by atoms with Crippen LogP contribution in [0.15, 0.2) is 59.8 Å². The molecule has 0 atom stereocenters. The van der Waals surface area contributed by atoms with Gasteiger partial charge in [0.15, 0.2) is 11.0 Å². The van der Waals surface area contributed by atoms with Crippen LogP contribution in [0.1, 0.15) is 23.9 Å². The molecule has 1 heterocycles. The third-order valence-corrected chi connectivity index (χ3v) is 5.00. The van der Waals surface area contributed by atoms with Gasteiger partial charge in [0.05, 0.1) is 12.1 Å². The molecule has 0 saturated carbocycles. The molecule has 3 rings (SSSR count). The Morgan fingerprint density at radius 1 is 1.04 bits per heavy atom. The quantitative estimate of drug-likeness (QED) is 0.560. The molecule has 0 fully saturated rings. The van der Waals surface area contributed by atoms with Crippen molar-refractivity contribution in [2.24, 2.45) is 0 Å². The third-order valence-electron chi connectivity index (χ3n) is 3.96. The average Bonchev–Trinajstić information content (AvgIpc) is 3.07. The Balaban J connectivity index is 1.66. The Morgan fingerprint density at radius 3 is 2.52 bits per heavy atom. The van der Waals surface area contributed by atoms with Crippen LogP contribution in [-0.4, -0.2) is 14.8 Å². The van der Waals surface area contributed by atoms with Gasteiger partial charge in [-0.05, 0) is 30.7 Å². The molecule has 3 aromatic rings. The maximum atomic E-state index is 12.8. The number of nitrogens with one attached hydrogen (secondary N) is 1. The lowest BCUT2D eigenvalue weighted by atomic mass is 10.2. The van der Waals surface area contributed by atoms with E-state index in [1.807, 2.05) is 29.7 Å². The molecule has 0 aliphatic rings. The van der Waals surface area contributed by atoms with Crippen LogP contribution >= 0.6 is 11.8 Å². The second-order valence-corrected chi connectivity index (χ2v) is 6.79. The van der Waals surface area contributed by atoms with Gasteiger partial charge in [-0.2, -0.15) is 13.2 Å². The van der Waals surface area contributed by atoms with Crippen molar-refractivity contribution in [3.8, 4) is 0 Å². The molecule has 2 aromatic carbocycles. The zero-order valence-electron chi connectivity index (χ0n) is 14.7. The van der Waals surface area contributed by atoms with Crippen molar-refractivity contribution < 1.29 is 13.2 Å². The predicted octanol–water partition coefficient (Wildman–Crippen LogP) is 5.22. The average molecular weight is 392 g/mol. The highest BCUT2D eigenvalue weighted by Gasteiger charge is 2.30. The van der Waals surface area contributed by atoms with E-state index in [9.17, 15) is 13.2 Å². The molecule has 0 aliphatic carbocycles. The zero-order valence-corrected chi connectivity index (χ0v) is 15.5. The molecule has 142 valence electrons. The predicted molar refractivity (Wildman–Crippen MR) is 100 cm³/mol. The van der Waals surface area contributed by atoms with Gasteiger partial charge in [-0.1, -0.05) is 48.2 Å². The lowest BCUT2D eigenvalue weighted by Gasteiger charge is -2.11. The summed E-state index contributed by atoms with van der Waals surface area (Å²) in [5, 5.41) is 12.2. The van der Waals surface area contributed by atoms with E-state index in [2.05, 4.69) is 27.6 Å². The molecular formula is C19H19F3N4S. The van der Waals surface area contributed by atoms with E-state index in [1.54, 1.807) is 17.8 Å². The maximum absolute atomic E-state index is 12.8. The van der Waals surface area contributed by atoms with Crippen LogP contribution in [0.25, 0.3) is 0 Å². The first-order valence-electron chi connectivity index (χ1n) is 8.47. The largest absolute Gasteiger partial charge is 0.416 e. The summed E-state index contributed by atoms with van der Waals surface area (Å²) in [5.74, 6) is 1.46. The van der Waals surface area contributed by atoms with Crippen LogP contribution in [0.3, 0.4) is 0 Å². The van der Waals surface area contributed by atoms with E-state index in [1.165, 1.54) is 11.6 Å². The Labute approximate surface area is 159 Å². The van der Waals surface area contributed by atoms with Gasteiger partial charge >= 0.3 is 6.18 Å². The van der Waals surface area contributed by atoms with Crippen molar-refractivity contribution in [2.45, 2.75) is 37.1 Å². The van der Waals surface area contributed by atoms with E-state index in [0.717, 1.165) is 23.0 Å². The first-order valence-corrected chi connectivity index (χ1v) is 9.46. The van der Waals surface area contributed by atoms with Gasteiger partial charge in [0.2, 0.25) is 0 Å². The molecule has 0 spiro atoms. The van der Waals surface area contributed by atoms with E-state index >= 15 is 0 Å². The number of hydrogen-bond acceptors (Lipinski definition) is 4. The standard InChI is InChI=1S/C19H19F3N4S/c1-2-26-17(12-23-16-10-6-9-15(11-16)19(20,21)22)24-25-18(26)27-13-14-7-4-3-5-8-14/h3-11,23H,2,12-13H2,1H3. The molecule has 0 unspecified atom stereocenters. The van der Waals surface area contributed by atoms with Gasteiger partial charge in [0.1, 0.15) is 0 Å². The minimum atomic E-state index is -4.36. The molecule has 0 saturated heterocycles. The second-order valence-electron chi connectivity index (χ2n) is 5.85. The highest BCUT2D eigenvalue weighted by atomic mass is 32.2. The van der Waals surface area contributed by atoms with E-state index in [4.69, 9.17) is 0 Å². The molecule has 0 radical (unpaired) electrons. The first kappa shape index (κ1) is 19.3. The monoisotopic (exact) mass is 392 g/mol. The minimum absolute atomic E-state index is 0.300. The number of thioether (sulfide) groups is 1. The smallest absolute Gasteiger partial charge is 0.378 e. The molecule has 1 aromatic heterocycles. The lowest BCUT2D eigenvalue weighted by Crippen LogP contribution is -2.10. The molecule has 27 heavy (non-hydrogen) atoms. The molecular weight excluding hydrogens is 373 g/mol. The van der Waals surface area contributed by atoms with Crippen molar-refractivity contribution in [1.82, 2.24) is 14.8 Å². The van der Waals surface area contributed by atoms with Gasteiger partial charge in [-0.15, -0.1) is 10.2 Å². The first-order chi connectivity index (χ1) is 13.0. The molecule has 4 nitrogen and oxygen atoms in total. The summed E-state index contributed by atoms with van der Waals surface area (Å²) in [6, 6.07) is 15.2. The molecule has 0 bridgehead atoms.